The number of carbonyl (C=O) groups excluding carboxylic acids is 2. The smallest absolute Gasteiger partial charge is 0.338 e. The maximum absolute atomic E-state index is 12.7. The highest BCUT2D eigenvalue weighted by atomic mass is 31.2. The van der Waals surface area contributed by atoms with Crippen molar-refractivity contribution in [3.8, 4) is 6.07 Å². The third-order valence-electron chi connectivity index (χ3n) is 5.67. The Hall–Kier alpha value is -4.27. The summed E-state index contributed by atoms with van der Waals surface area (Å²) < 4.78 is 24.7. The van der Waals surface area contributed by atoms with Crippen LogP contribution < -0.4 is 5.32 Å². The third kappa shape index (κ3) is 8.36. The number of nitriles is 1. The maximum atomic E-state index is 12.7. The van der Waals surface area contributed by atoms with E-state index < -0.39 is 26.7 Å². The quantitative estimate of drug-likeness (QED) is 0.127. The molecule has 13 heteroatoms. The minimum Gasteiger partial charge on any atom is -0.457 e. The van der Waals surface area contributed by atoms with Crippen LogP contribution in [0.4, 0.5) is 5.82 Å². The number of benzene rings is 2. The predicted molar refractivity (Wildman–Crippen MR) is 151 cm³/mol. The van der Waals surface area contributed by atoms with Crippen molar-refractivity contribution < 1.29 is 28.1 Å². The summed E-state index contributed by atoms with van der Waals surface area (Å²) in [5, 5.41) is 11.5. The number of aromatic nitrogens is 4. The molecule has 2 heterocycles. The van der Waals surface area contributed by atoms with E-state index in [1.165, 1.54) is 12.7 Å². The number of nitrogens with zero attached hydrogens (tertiary/aromatic N) is 5. The Morgan fingerprint density at radius 2 is 1.71 bits per heavy atom. The normalized spacial score (nSPS) is 13.2. The summed E-state index contributed by atoms with van der Waals surface area (Å²) in [4.78, 5) is 38.4. The van der Waals surface area contributed by atoms with Gasteiger partial charge in [-0.05, 0) is 31.2 Å². The predicted octanol–water partition coefficient (Wildman–Crippen LogP) is 4.73. The summed E-state index contributed by atoms with van der Waals surface area (Å²) in [6.07, 6.45) is 1.80. The Labute approximate surface area is 238 Å². The van der Waals surface area contributed by atoms with Gasteiger partial charge in [0.05, 0.1) is 43.7 Å². The largest absolute Gasteiger partial charge is 0.457 e. The monoisotopic (exact) mass is 576 g/mol. The molecule has 212 valence electrons. The van der Waals surface area contributed by atoms with Crippen molar-refractivity contribution in [2.24, 2.45) is 0 Å². The third-order valence-corrected chi connectivity index (χ3v) is 6.73. The van der Waals surface area contributed by atoms with Gasteiger partial charge in [-0.3, -0.25) is 9.36 Å². The van der Waals surface area contributed by atoms with Gasteiger partial charge in [0.2, 0.25) is 0 Å². The molecule has 41 heavy (non-hydrogen) atoms. The lowest BCUT2D eigenvalue weighted by molar-refractivity contribution is -0.0881. The van der Waals surface area contributed by atoms with Crippen LogP contribution in [0.15, 0.2) is 73.3 Å². The van der Waals surface area contributed by atoms with Crippen molar-refractivity contribution in [1.82, 2.24) is 19.5 Å². The number of hydrogen-bond donors (Lipinski definition) is 1. The molecule has 1 amide bonds. The average molecular weight is 577 g/mol. The SMILES string of the molecule is C[C@H](COP(C)OCCC#N)O[C@H](COC(=O)c1ccccc1)n1cnc2c(NC(=O)c3ccccc3)ncnc21. The Balaban J connectivity index is 1.52. The standard InChI is InChI=1S/C28H29N6O6P/c1-20(16-39-41(2)38-15-9-14-29)40-23(17-37-28(36)22-12-7-4-8-13-22)34-19-32-24-25(30-18-31-26(24)34)33-27(35)21-10-5-3-6-11-21/h3-8,10-13,18-20,23H,9,15-17H2,1-2H3,(H,30,31,33,35)/t20-,23-,41?/m1/s1. The summed E-state index contributed by atoms with van der Waals surface area (Å²) in [5.41, 5.74) is 1.58. The number of anilines is 1. The second kappa shape index (κ2) is 14.9. The van der Waals surface area contributed by atoms with Crippen molar-refractivity contribution in [3.05, 3.63) is 84.4 Å². The molecule has 1 unspecified atom stereocenters. The fourth-order valence-corrected chi connectivity index (χ4v) is 4.53. The Morgan fingerprint density at radius 3 is 2.41 bits per heavy atom. The van der Waals surface area contributed by atoms with Gasteiger partial charge < -0.3 is 23.8 Å². The molecule has 0 radical (unpaired) electrons. The van der Waals surface area contributed by atoms with E-state index in [2.05, 4.69) is 20.3 Å². The van der Waals surface area contributed by atoms with Crippen molar-refractivity contribution in [1.29, 1.82) is 5.26 Å². The fraction of sp³-hybridized carbons (Fsp3) is 0.286. The van der Waals surface area contributed by atoms with E-state index in [1.54, 1.807) is 59.8 Å². The molecule has 3 atom stereocenters. The highest BCUT2D eigenvalue weighted by Crippen LogP contribution is 2.34. The van der Waals surface area contributed by atoms with Crippen molar-refractivity contribution >= 4 is 37.2 Å². The minimum atomic E-state index is -1.20. The van der Waals surface area contributed by atoms with Gasteiger partial charge in [0, 0.05) is 12.2 Å². The lowest BCUT2D eigenvalue weighted by atomic mass is 10.2. The molecular weight excluding hydrogens is 547 g/mol. The van der Waals surface area contributed by atoms with E-state index in [0.717, 1.165) is 0 Å². The number of hydrogen-bond acceptors (Lipinski definition) is 10. The Bertz CT molecular complexity index is 1480. The van der Waals surface area contributed by atoms with Crippen LogP contribution in [0.3, 0.4) is 0 Å². The summed E-state index contributed by atoms with van der Waals surface area (Å²) in [6, 6.07) is 19.4. The van der Waals surface area contributed by atoms with Gasteiger partial charge in [-0.1, -0.05) is 36.4 Å². The zero-order valence-electron chi connectivity index (χ0n) is 22.5. The molecule has 2 aromatic carbocycles. The minimum absolute atomic E-state index is 0.154. The van der Waals surface area contributed by atoms with E-state index in [-0.39, 0.29) is 38.0 Å². The first-order valence-electron chi connectivity index (χ1n) is 12.7. The van der Waals surface area contributed by atoms with E-state index in [9.17, 15) is 9.59 Å². The summed E-state index contributed by atoms with van der Waals surface area (Å²) in [7, 11) is -1.20. The van der Waals surface area contributed by atoms with Gasteiger partial charge in [-0.25, -0.2) is 19.7 Å². The molecule has 0 aliphatic heterocycles. The molecule has 0 saturated heterocycles. The molecule has 0 aliphatic carbocycles. The number of ether oxygens (including phenoxy) is 2. The van der Waals surface area contributed by atoms with Crippen molar-refractivity contribution in [2.75, 3.05) is 31.8 Å². The van der Waals surface area contributed by atoms with Crippen molar-refractivity contribution in [2.45, 2.75) is 25.7 Å². The van der Waals surface area contributed by atoms with Crippen LogP contribution in [0.5, 0.6) is 0 Å². The number of rotatable bonds is 14. The molecule has 1 N–H and O–H groups in total. The number of nitrogens with one attached hydrogen (secondary N) is 1. The van der Waals surface area contributed by atoms with Crippen LogP contribution in [0.1, 0.15) is 40.3 Å². The van der Waals surface area contributed by atoms with E-state index in [0.29, 0.717) is 22.3 Å². The number of fused-ring (bicyclic) bond motifs is 1. The van der Waals surface area contributed by atoms with Gasteiger partial charge in [-0.2, -0.15) is 5.26 Å². The van der Waals surface area contributed by atoms with Gasteiger partial charge in [-0.15, -0.1) is 0 Å². The molecule has 0 bridgehead atoms. The summed E-state index contributed by atoms with van der Waals surface area (Å²) in [5.74, 6) is -0.630. The zero-order chi connectivity index (χ0) is 29.0. The average Bonchev–Trinajstić information content (AvgIpc) is 3.44. The second-order valence-electron chi connectivity index (χ2n) is 8.71. The topological polar surface area (TPSA) is 150 Å². The maximum Gasteiger partial charge on any atom is 0.338 e. The fourth-order valence-electron chi connectivity index (χ4n) is 3.69. The van der Waals surface area contributed by atoms with E-state index in [1.807, 2.05) is 25.1 Å². The summed E-state index contributed by atoms with van der Waals surface area (Å²) in [6.45, 7) is 3.93. The number of carbonyl (C=O) groups is 2. The molecule has 0 spiro atoms. The number of amides is 1. The molecule has 0 aliphatic rings. The van der Waals surface area contributed by atoms with Crippen LogP contribution in [0, 0.1) is 11.3 Å². The molecule has 0 saturated carbocycles. The van der Waals surface area contributed by atoms with Crippen molar-refractivity contribution in [3.63, 3.8) is 0 Å². The van der Waals surface area contributed by atoms with E-state index >= 15 is 0 Å². The molecule has 0 fully saturated rings. The lowest BCUT2D eigenvalue weighted by Gasteiger charge is -2.24. The Kier molecular flexibility index (Phi) is 10.8. The first-order valence-corrected chi connectivity index (χ1v) is 14.4. The van der Waals surface area contributed by atoms with Gasteiger partial charge in [0.1, 0.15) is 12.9 Å². The van der Waals surface area contributed by atoms with Gasteiger partial charge >= 0.3 is 5.97 Å². The highest BCUT2D eigenvalue weighted by molar-refractivity contribution is 7.46. The number of esters is 1. The molecule has 4 rings (SSSR count). The first-order chi connectivity index (χ1) is 20.0. The lowest BCUT2D eigenvalue weighted by Crippen LogP contribution is -2.27. The first kappa shape index (κ1) is 29.7. The van der Waals surface area contributed by atoms with E-state index in [4.69, 9.17) is 23.8 Å². The van der Waals surface area contributed by atoms with Gasteiger partial charge in [0.25, 0.3) is 5.91 Å². The zero-order valence-corrected chi connectivity index (χ0v) is 23.4. The molecule has 2 aromatic heterocycles. The van der Waals surface area contributed by atoms with Crippen LogP contribution in [-0.4, -0.2) is 64.0 Å². The molecular formula is C28H29N6O6P. The van der Waals surface area contributed by atoms with Crippen LogP contribution in [0.25, 0.3) is 11.2 Å². The molecule has 12 nitrogen and oxygen atoms in total. The van der Waals surface area contributed by atoms with Crippen LogP contribution in [-0.2, 0) is 18.5 Å². The second-order valence-corrected chi connectivity index (χ2v) is 10.1. The Morgan fingerprint density at radius 1 is 1.00 bits per heavy atom. The highest BCUT2D eigenvalue weighted by Gasteiger charge is 2.23. The molecule has 4 aromatic rings. The summed E-state index contributed by atoms with van der Waals surface area (Å²) >= 11 is 0. The van der Waals surface area contributed by atoms with Crippen LogP contribution in [0.2, 0.25) is 0 Å². The van der Waals surface area contributed by atoms with Crippen LogP contribution >= 0.6 is 8.38 Å². The van der Waals surface area contributed by atoms with Gasteiger partial charge in [0.15, 0.2) is 31.6 Å². The number of imidazole rings is 1.